The molecule has 1 aromatic heterocycles. The molecular formula is C10H14BrN. The van der Waals surface area contributed by atoms with Crippen LogP contribution in [-0.4, -0.2) is 4.98 Å². The van der Waals surface area contributed by atoms with E-state index in [0.29, 0.717) is 0 Å². The van der Waals surface area contributed by atoms with E-state index in [0.717, 1.165) is 10.3 Å². The zero-order valence-electron chi connectivity index (χ0n) is 7.98. The van der Waals surface area contributed by atoms with E-state index in [1.54, 1.807) is 0 Å². The van der Waals surface area contributed by atoms with E-state index in [1.165, 1.54) is 5.56 Å². The van der Waals surface area contributed by atoms with Gasteiger partial charge in [0, 0.05) is 11.1 Å². The molecule has 0 aromatic carbocycles. The Kier molecular flexibility index (Phi) is 2.57. The van der Waals surface area contributed by atoms with Gasteiger partial charge in [-0.2, -0.15) is 0 Å². The lowest BCUT2D eigenvalue weighted by atomic mass is 9.89. The average molecular weight is 228 g/mol. The molecule has 0 saturated heterocycles. The monoisotopic (exact) mass is 227 g/mol. The molecule has 1 heterocycles. The van der Waals surface area contributed by atoms with Crippen LogP contribution in [0.3, 0.4) is 0 Å². The minimum Gasteiger partial charge on any atom is -0.245 e. The van der Waals surface area contributed by atoms with Crippen LogP contribution in [0, 0.1) is 6.92 Å². The van der Waals surface area contributed by atoms with E-state index in [1.807, 2.05) is 6.07 Å². The highest BCUT2D eigenvalue weighted by Crippen LogP contribution is 2.24. The van der Waals surface area contributed by atoms with Crippen LogP contribution in [0.4, 0.5) is 0 Å². The van der Waals surface area contributed by atoms with E-state index in [9.17, 15) is 0 Å². The molecule has 0 atom stereocenters. The summed E-state index contributed by atoms with van der Waals surface area (Å²) in [5, 5.41) is 0. The van der Waals surface area contributed by atoms with Gasteiger partial charge in [-0.25, -0.2) is 4.98 Å². The maximum atomic E-state index is 4.46. The molecule has 0 aliphatic rings. The SMILES string of the molecule is Cc1ccc(Br)nc1C(C)(C)C. The van der Waals surface area contributed by atoms with Gasteiger partial charge in [-0.15, -0.1) is 0 Å². The standard InChI is InChI=1S/C10H14BrN/c1-7-5-6-8(11)12-9(7)10(2,3)4/h5-6H,1-4H3. The molecule has 0 N–H and O–H groups in total. The van der Waals surface area contributed by atoms with Gasteiger partial charge in [0.25, 0.3) is 0 Å². The first-order valence-electron chi connectivity index (χ1n) is 4.05. The highest BCUT2D eigenvalue weighted by Gasteiger charge is 2.17. The number of pyridine rings is 1. The summed E-state index contributed by atoms with van der Waals surface area (Å²) in [5.74, 6) is 0. The third-order valence-electron chi connectivity index (χ3n) is 1.77. The van der Waals surface area contributed by atoms with Crippen molar-refractivity contribution in [2.24, 2.45) is 0 Å². The maximum Gasteiger partial charge on any atom is 0.106 e. The van der Waals surface area contributed by atoms with Crippen molar-refractivity contribution in [1.29, 1.82) is 0 Å². The van der Waals surface area contributed by atoms with Gasteiger partial charge < -0.3 is 0 Å². The second kappa shape index (κ2) is 3.17. The van der Waals surface area contributed by atoms with Gasteiger partial charge in [-0.05, 0) is 34.5 Å². The van der Waals surface area contributed by atoms with Crippen LogP contribution in [0.1, 0.15) is 32.0 Å². The Morgan fingerprint density at radius 1 is 1.25 bits per heavy atom. The summed E-state index contributed by atoms with van der Waals surface area (Å²) in [5.41, 5.74) is 2.55. The van der Waals surface area contributed by atoms with E-state index in [2.05, 4.69) is 54.7 Å². The summed E-state index contributed by atoms with van der Waals surface area (Å²) in [6.07, 6.45) is 0. The lowest BCUT2D eigenvalue weighted by Crippen LogP contribution is -2.15. The maximum absolute atomic E-state index is 4.46. The zero-order chi connectivity index (χ0) is 9.35. The summed E-state index contributed by atoms with van der Waals surface area (Å²) in [6.45, 7) is 8.62. The van der Waals surface area contributed by atoms with E-state index in [-0.39, 0.29) is 5.41 Å². The molecule has 0 radical (unpaired) electrons. The molecule has 0 aliphatic heterocycles. The second-order valence-electron chi connectivity index (χ2n) is 4.05. The van der Waals surface area contributed by atoms with Crippen LogP contribution in [-0.2, 0) is 5.41 Å². The predicted molar refractivity (Wildman–Crippen MR) is 55.4 cm³/mol. The van der Waals surface area contributed by atoms with Crippen molar-refractivity contribution in [3.63, 3.8) is 0 Å². The zero-order valence-corrected chi connectivity index (χ0v) is 9.57. The molecule has 0 amide bonds. The molecule has 0 spiro atoms. The first-order valence-corrected chi connectivity index (χ1v) is 4.84. The average Bonchev–Trinajstić information content (AvgIpc) is 1.92. The molecule has 0 bridgehead atoms. The number of aryl methyl sites for hydroxylation is 1. The molecular weight excluding hydrogens is 214 g/mol. The highest BCUT2D eigenvalue weighted by atomic mass is 79.9. The summed E-state index contributed by atoms with van der Waals surface area (Å²) in [6, 6.07) is 4.07. The molecule has 66 valence electrons. The lowest BCUT2D eigenvalue weighted by molar-refractivity contribution is 0.563. The van der Waals surface area contributed by atoms with Crippen molar-refractivity contribution < 1.29 is 0 Å². The number of halogens is 1. The van der Waals surface area contributed by atoms with Crippen LogP contribution in [0.15, 0.2) is 16.7 Å². The summed E-state index contributed by atoms with van der Waals surface area (Å²) in [4.78, 5) is 4.46. The van der Waals surface area contributed by atoms with Gasteiger partial charge in [0.05, 0.1) is 0 Å². The van der Waals surface area contributed by atoms with Gasteiger partial charge in [-0.3, -0.25) is 0 Å². The molecule has 1 nitrogen and oxygen atoms in total. The smallest absolute Gasteiger partial charge is 0.106 e. The van der Waals surface area contributed by atoms with Crippen LogP contribution in [0.25, 0.3) is 0 Å². The molecule has 12 heavy (non-hydrogen) atoms. The number of nitrogens with zero attached hydrogens (tertiary/aromatic N) is 1. The number of hydrogen-bond donors (Lipinski definition) is 0. The van der Waals surface area contributed by atoms with Crippen molar-refractivity contribution in [2.75, 3.05) is 0 Å². The van der Waals surface area contributed by atoms with Gasteiger partial charge in [0.15, 0.2) is 0 Å². The van der Waals surface area contributed by atoms with Crippen LogP contribution < -0.4 is 0 Å². The number of rotatable bonds is 0. The third-order valence-corrected chi connectivity index (χ3v) is 2.22. The minimum atomic E-state index is 0.133. The Bertz CT molecular complexity index is 286. The molecule has 1 rings (SSSR count). The Labute approximate surface area is 82.3 Å². The van der Waals surface area contributed by atoms with Gasteiger partial charge in [-0.1, -0.05) is 26.8 Å². The van der Waals surface area contributed by atoms with Crippen molar-refractivity contribution >= 4 is 15.9 Å². The van der Waals surface area contributed by atoms with Crippen molar-refractivity contribution in [3.05, 3.63) is 28.0 Å². The quantitative estimate of drug-likeness (QED) is 0.619. The Morgan fingerprint density at radius 3 is 2.25 bits per heavy atom. The third kappa shape index (κ3) is 2.07. The van der Waals surface area contributed by atoms with Crippen LogP contribution in [0.5, 0.6) is 0 Å². The first kappa shape index (κ1) is 9.72. The fourth-order valence-corrected chi connectivity index (χ4v) is 1.57. The molecule has 0 fully saturated rings. The normalized spacial score (nSPS) is 11.8. The van der Waals surface area contributed by atoms with Crippen LogP contribution in [0.2, 0.25) is 0 Å². The van der Waals surface area contributed by atoms with E-state index < -0.39 is 0 Å². The van der Waals surface area contributed by atoms with E-state index in [4.69, 9.17) is 0 Å². The fraction of sp³-hybridized carbons (Fsp3) is 0.500. The Morgan fingerprint density at radius 2 is 1.83 bits per heavy atom. The number of aromatic nitrogens is 1. The van der Waals surface area contributed by atoms with Crippen molar-refractivity contribution in [3.8, 4) is 0 Å². The Balaban J connectivity index is 3.23. The Hall–Kier alpha value is -0.370. The summed E-state index contributed by atoms with van der Waals surface area (Å²) < 4.78 is 0.915. The van der Waals surface area contributed by atoms with Gasteiger partial charge in [0.2, 0.25) is 0 Å². The van der Waals surface area contributed by atoms with Gasteiger partial charge in [0.1, 0.15) is 4.60 Å². The summed E-state index contributed by atoms with van der Waals surface area (Å²) >= 11 is 3.38. The van der Waals surface area contributed by atoms with E-state index >= 15 is 0 Å². The molecule has 0 saturated carbocycles. The van der Waals surface area contributed by atoms with Crippen LogP contribution >= 0.6 is 15.9 Å². The largest absolute Gasteiger partial charge is 0.245 e. The fourth-order valence-electron chi connectivity index (χ4n) is 1.26. The second-order valence-corrected chi connectivity index (χ2v) is 4.86. The molecule has 0 aliphatic carbocycles. The number of hydrogen-bond acceptors (Lipinski definition) is 1. The van der Waals surface area contributed by atoms with Crippen molar-refractivity contribution in [2.45, 2.75) is 33.1 Å². The van der Waals surface area contributed by atoms with Crippen molar-refractivity contribution in [1.82, 2.24) is 4.98 Å². The molecule has 2 heteroatoms. The topological polar surface area (TPSA) is 12.9 Å². The van der Waals surface area contributed by atoms with Gasteiger partial charge >= 0.3 is 0 Å². The predicted octanol–water partition coefficient (Wildman–Crippen LogP) is 3.45. The minimum absolute atomic E-state index is 0.133. The first-order chi connectivity index (χ1) is 5.41. The highest BCUT2D eigenvalue weighted by molar-refractivity contribution is 9.10. The molecule has 0 unspecified atom stereocenters. The molecule has 1 aromatic rings. The summed E-state index contributed by atoms with van der Waals surface area (Å²) in [7, 11) is 0. The lowest BCUT2D eigenvalue weighted by Gasteiger charge is -2.20.